The van der Waals surface area contributed by atoms with Gasteiger partial charge in [-0.1, -0.05) is 74.0 Å². The Kier molecular flexibility index (Phi) is 7.25. The van der Waals surface area contributed by atoms with E-state index in [-0.39, 0.29) is 0 Å². The van der Waals surface area contributed by atoms with Gasteiger partial charge in [-0.3, -0.25) is 0 Å². The molecule has 0 N–H and O–H groups in total. The van der Waals surface area contributed by atoms with E-state index >= 15 is 0 Å². The van der Waals surface area contributed by atoms with Crippen LogP contribution in [-0.4, -0.2) is 0 Å². The fourth-order valence-corrected chi connectivity index (χ4v) is 3.07. The van der Waals surface area contributed by atoms with Crippen LogP contribution in [0.2, 0.25) is 0 Å². The third kappa shape index (κ3) is 4.44. The third-order valence-electron chi connectivity index (χ3n) is 5.07. The lowest BCUT2D eigenvalue weighted by molar-refractivity contribution is 0.0135. The van der Waals surface area contributed by atoms with Crippen molar-refractivity contribution in [2.45, 2.75) is 74.7 Å². The van der Waals surface area contributed by atoms with Gasteiger partial charge in [-0.25, -0.2) is 0 Å². The summed E-state index contributed by atoms with van der Waals surface area (Å²) in [6, 6.07) is 0. The molecule has 1 aliphatic carbocycles. The van der Waals surface area contributed by atoms with Gasteiger partial charge in [0.25, 0.3) is 0 Å². The molecule has 0 bridgehead atoms. The number of allylic oxidation sites excluding steroid dienone is 1. The molecule has 0 unspecified atom stereocenters. The summed E-state index contributed by atoms with van der Waals surface area (Å²) in [5.41, 5.74) is 2.07. The van der Waals surface area contributed by atoms with Crippen LogP contribution in [0.15, 0.2) is 12.2 Å². The van der Waals surface area contributed by atoms with Gasteiger partial charge >= 0.3 is 0 Å². The zero-order valence-corrected chi connectivity index (χ0v) is 14.1. The van der Waals surface area contributed by atoms with Crippen molar-refractivity contribution >= 4 is 0 Å². The molecule has 0 heterocycles. The zero-order valence-electron chi connectivity index (χ0n) is 14.1. The first-order valence-corrected chi connectivity index (χ1v) is 7.83. The van der Waals surface area contributed by atoms with Gasteiger partial charge in [0.1, 0.15) is 0 Å². The molecule has 0 heteroatoms. The van der Waals surface area contributed by atoms with E-state index in [9.17, 15) is 0 Å². The predicted octanol–water partition coefficient (Wildman–Crippen LogP) is 6.32. The number of hydrogen-bond acceptors (Lipinski definition) is 0. The minimum atomic E-state index is 0.648. The van der Waals surface area contributed by atoms with Crippen molar-refractivity contribution in [3.8, 4) is 0 Å². The molecule has 0 aromatic carbocycles. The van der Waals surface area contributed by atoms with E-state index in [1.807, 2.05) is 0 Å². The summed E-state index contributed by atoms with van der Waals surface area (Å²) >= 11 is 0. The molecule has 0 nitrogen and oxygen atoms in total. The van der Waals surface area contributed by atoms with Gasteiger partial charge in [0.15, 0.2) is 0 Å². The molecule has 18 heavy (non-hydrogen) atoms. The van der Waals surface area contributed by atoms with Crippen LogP contribution in [0.4, 0.5) is 0 Å². The molecule has 0 aromatic heterocycles. The van der Waals surface area contributed by atoms with Crippen molar-refractivity contribution in [2.75, 3.05) is 0 Å². The van der Waals surface area contributed by atoms with Crippen molar-refractivity contribution in [3.63, 3.8) is 0 Å². The third-order valence-corrected chi connectivity index (χ3v) is 5.07. The van der Waals surface area contributed by atoms with E-state index in [1.54, 1.807) is 0 Å². The van der Waals surface area contributed by atoms with Gasteiger partial charge in [-0.2, -0.15) is 0 Å². The second-order valence-electron chi connectivity index (χ2n) is 7.28. The molecule has 0 aliphatic heterocycles. The summed E-state index contributed by atoms with van der Waals surface area (Å²) in [5.74, 6) is 3.08. The van der Waals surface area contributed by atoms with Crippen LogP contribution >= 0.6 is 0 Å². The maximum atomic E-state index is 3.95. The van der Waals surface area contributed by atoms with Gasteiger partial charge in [0, 0.05) is 0 Å². The molecule has 108 valence electrons. The highest BCUT2D eigenvalue weighted by Crippen LogP contribution is 2.52. The van der Waals surface area contributed by atoms with E-state index in [1.165, 1.54) is 24.8 Å². The molecule has 0 atom stereocenters. The van der Waals surface area contributed by atoms with Crippen LogP contribution in [0.3, 0.4) is 0 Å². The minimum absolute atomic E-state index is 0.648. The Hall–Kier alpha value is -0.260. The Bertz CT molecular complexity index is 219. The van der Waals surface area contributed by atoms with Crippen LogP contribution in [0.25, 0.3) is 0 Å². The molecule has 1 saturated carbocycles. The molecule has 0 saturated heterocycles. The molecular weight excluding hydrogens is 216 g/mol. The average Bonchev–Trinajstić information content (AvgIpc) is 2.13. The Morgan fingerprint density at radius 2 is 1.11 bits per heavy atom. The monoisotopic (exact) mass is 252 g/mol. The summed E-state index contributed by atoms with van der Waals surface area (Å²) in [7, 11) is 0. The van der Waals surface area contributed by atoms with Gasteiger partial charge in [-0.05, 0) is 41.9 Å². The molecule has 0 radical (unpaired) electrons. The Morgan fingerprint density at radius 3 is 1.11 bits per heavy atom. The van der Waals surface area contributed by atoms with Gasteiger partial charge < -0.3 is 0 Å². The van der Waals surface area contributed by atoms with Crippen LogP contribution in [0.5, 0.6) is 0 Å². The quantitative estimate of drug-likeness (QED) is 0.513. The number of rotatable bonds is 4. The van der Waals surface area contributed by atoms with Crippen molar-refractivity contribution in [2.24, 2.45) is 29.1 Å². The van der Waals surface area contributed by atoms with Crippen molar-refractivity contribution in [3.05, 3.63) is 12.2 Å². The summed E-state index contributed by atoms with van der Waals surface area (Å²) in [6.45, 7) is 22.2. The van der Waals surface area contributed by atoms with Crippen molar-refractivity contribution in [1.29, 1.82) is 0 Å². The van der Waals surface area contributed by atoms with E-state index in [2.05, 4.69) is 62.0 Å². The number of hydrogen-bond donors (Lipinski definition) is 0. The van der Waals surface area contributed by atoms with Crippen LogP contribution in [0, 0.1) is 29.1 Å². The van der Waals surface area contributed by atoms with Crippen LogP contribution in [-0.2, 0) is 0 Å². The molecular formula is C18H36. The summed E-state index contributed by atoms with van der Waals surface area (Å²) in [5, 5.41) is 0. The molecule has 1 aliphatic rings. The topological polar surface area (TPSA) is 0 Å². The SMILES string of the molecule is C=C(C(C)C)C(C)C.CC(C)C1(C(C)C)CCC1. The lowest BCUT2D eigenvalue weighted by Gasteiger charge is -2.49. The van der Waals surface area contributed by atoms with Crippen LogP contribution in [0.1, 0.15) is 74.7 Å². The average molecular weight is 252 g/mol. The largest absolute Gasteiger partial charge is 0.0993 e. The Labute approximate surface area is 116 Å². The molecule has 0 amide bonds. The lowest BCUT2D eigenvalue weighted by atomic mass is 9.56. The van der Waals surface area contributed by atoms with Crippen molar-refractivity contribution < 1.29 is 0 Å². The van der Waals surface area contributed by atoms with Crippen LogP contribution < -0.4 is 0 Å². The molecule has 1 fully saturated rings. The van der Waals surface area contributed by atoms with E-state index in [4.69, 9.17) is 0 Å². The highest BCUT2D eigenvalue weighted by atomic mass is 14.5. The maximum Gasteiger partial charge on any atom is -0.0251 e. The lowest BCUT2D eigenvalue weighted by Crippen LogP contribution is -2.39. The first-order valence-electron chi connectivity index (χ1n) is 7.83. The summed E-state index contributed by atoms with van der Waals surface area (Å²) in [4.78, 5) is 0. The smallest absolute Gasteiger partial charge is 0.0251 e. The second kappa shape index (κ2) is 7.36. The normalized spacial score (nSPS) is 17.8. The summed E-state index contributed by atoms with van der Waals surface area (Å²) < 4.78 is 0. The minimum Gasteiger partial charge on any atom is -0.0993 e. The fourth-order valence-electron chi connectivity index (χ4n) is 3.07. The van der Waals surface area contributed by atoms with E-state index in [0.717, 1.165) is 17.3 Å². The van der Waals surface area contributed by atoms with E-state index < -0.39 is 0 Å². The summed E-state index contributed by atoms with van der Waals surface area (Å²) in [6.07, 6.45) is 4.42. The Morgan fingerprint density at radius 1 is 0.778 bits per heavy atom. The molecule has 1 rings (SSSR count). The van der Waals surface area contributed by atoms with Crippen molar-refractivity contribution in [1.82, 2.24) is 0 Å². The zero-order chi connectivity index (χ0) is 14.5. The first kappa shape index (κ1) is 17.7. The van der Waals surface area contributed by atoms with Gasteiger partial charge in [0.2, 0.25) is 0 Å². The highest BCUT2D eigenvalue weighted by molar-refractivity contribution is 4.99. The van der Waals surface area contributed by atoms with Gasteiger partial charge in [-0.15, -0.1) is 0 Å². The second-order valence-corrected chi connectivity index (χ2v) is 7.28. The fraction of sp³-hybridized carbons (Fsp3) is 0.889. The highest BCUT2D eigenvalue weighted by Gasteiger charge is 2.41. The molecule has 0 aromatic rings. The Balaban J connectivity index is 0.000000331. The predicted molar refractivity (Wildman–Crippen MR) is 84.8 cm³/mol. The van der Waals surface area contributed by atoms with E-state index in [0.29, 0.717) is 11.8 Å². The maximum absolute atomic E-state index is 3.95. The first-order chi connectivity index (χ1) is 8.15. The van der Waals surface area contributed by atoms with Gasteiger partial charge in [0.05, 0.1) is 0 Å². The molecule has 0 spiro atoms. The standard InChI is InChI=1S/C10H20.C8H16/c1-8(2)10(9(3)4)6-5-7-10;1-6(2)8(5)7(3)4/h8-9H,5-7H2,1-4H3;6-7H,5H2,1-4H3.